The average Bonchev–Trinajstić information content (AvgIpc) is 2.92. The fraction of sp³-hybridized carbons (Fsp3) is 0.850. The minimum absolute atomic E-state index is 0.587. The van der Waals surface area contributed by atoms with E-state index in [1.165, 1.54) is 51.5 Å². The summed E-state index contributed by atoms with van der Waals surface area (Å²) in [6.07, 6.45) is 10.1. The molecule has 3 heterocycles. The second-order valence-corrected chi connectivity index (χ2v) is 7.71. The molecule has 2 aliphatic rings. The lowest BCUT2D eigenvalue weighted by atomic mass is 10.0. The van der Waals surface area contributed by atoms with Crippen LogP contribution in [0.25, 0.3) is 0 Å². The van der Waals surface area contributed by atoms with Gasteiger partial charge >= 0.3 is 0 Å². The fourth-order valence-electron chi connectivity index (χ4n) is 4.29. The number of guanidine groups is 1. The number of aryl methyl sites for hydroxylation is 1. The third-order valence-electron chi connectivity index (χ3n) is 5.82. The number of nitrogens with zero attached hydrogens (tertiary/aromatic N) is 5. The number of fused-ring (bicyclic) bond motifs is 1. The molecule has 27 heavy (non-hydrogen) atoms. The number of likely N-dealkylation sites (tertiary alicyclic amines) is 1. The minimum atomic E-state index is 0.587. The molecule has 0 aromatic carbocycles. The van der Waals surface area contributed by atoms with Gasteiger partial charge in [0.25, 0.3) is 0 Å². The summed E-state index contributed by atoms with van der Waals surface area (Å²) in [5.74, 6) is 3.01. The molecular formula is C20H37N7. The molecule has 2 aliphatic heterocycles. The molecule has 0 saturated carbocycles. The summed E-state index contributed by atoms with van der Waals surface area (Å²) >= 11 is 0. The highest BCUT2D eigenvalue weighted by molar-refractivity contribution is 5.79. The van der Waals surface area contributed by atoms with Crippen molar-refractivity contribution in [2.24, 2.45) is 4.99 Å². The number of rotatable bonds is 7. The minimum Gasteiger partial charge on any atom is -0.357 e. The molecule has 0 radical (unpaired) electrons. The Morgan fingerprint density at radius 2 is 1.96 bits per heavy atom. The maximum Gasteiger partial charge on any atom is 0.191 e. The van der Waals surface area contributed by atoms with E-state index in [-0.39, 0.29) is 0 Å². The highest BCUT2D eigenvalue weighted by atomic mass is 15.3. The Morgan fingerprint density at radius 3 is 2.81 bits per heavy atom. The van der Waals surface area contributed by atoms with E-state index in [0.717, 1.165) is 56.3 Å². The quantitative estimate of drug-likeness (QED) is 0.565. The molecule has 0 aliphatic carbocycles. The Kier molecular flexibility index (Phi) is 7.93. The first-order valence-corrected chi connectivity index (χ1v) is 11.0. The lowest BCUT2D eigenvalue weighted by Crippen LogP contribution is -2.45. The van der Waals surface area contributed by atoms with Crippen LogP contribution in [0.2, 0.25) is 0 Å². The van der Waals surface area contributed by atoms with Crippen molar-refractivity contribution >= 4 is 5.96 Å². The van der Waals surface area contributed by atoms with Crippen molar-refractivity contribution in [3.8, 4) is 0 Å². The lowest BCUT2D eigenvalue weighted by molar-refractivity contribution is 0.147. The summed E-state index contributed by atoms with van der Waals surface area (Å²) < 4.78 is 2.28. The van der Waals surface area contributed by atoms with Crippen LogP contribution in [0.3, 0.4) is 0 Å². The number of nitrogens with one attached hydrogen (secondary N) is 2. The van der Waals surface area contributed by atoms with Crippen molar-refractivity contribution in [3.63, 3.8) is 0 Å². The lowest BCUT2D eigenvalue weighted by Gasteiger charge is -2.35. The molecule has 1 fully saturated rings. The van der Waals surface area contributed by atoms with E-state index < -0.39 is 0 Å². The second kappa shape index (κ2) is 10.6. The van der Waals surface area contributed by atoms with E-state index in [9.17, 15) is 0 Å². The average molecular weight is 376 g/mol. The number of piperidine rings is 1. The Balaban J connectivity index is 1.53. The predicted octanol–water partition coefficient (Wildman–Crippen LogP) is 2.32. The third kappa shape index (κ3) is 5.67. The smallest absolute Gasteiger partial charge is 0.191 e. The van der Waals surface area contributed by atoms with Gasteiger partial charge in [-0.25, -0.2) is 4.99 Å². The van der Waals surface area contributed by atoms with Gasteiger partial charge in [-0.05, 0) is 45.6 Å². The zero-order valence-corrected chi connectivity index (χ0v) is 17.2. The van der Waals surface area contributed by atoms with Gasteiger partial charge in [-0.15, -0.1) is 10.2 Å². The van der Waals surface area contributed by atoms with Gasteiger partial charge < -0.3 is 15.2 Å². The third-order valence-corrected chi connectivity index (χ3v) is 5.82. The molecule has 1 saturated heterocycles. The van der Waals surface area contributed by atoms with Crippen molar-refractivity contribution in [1.82, 2.24) is 30.3 Å². The SMILES string of the molecule is CCNC(=NCc1nnc2n1CCCCC2)NCCN1CCCCC1CC. The maximum atomic E-state index is 4.77. The summed E-state index contributed by atoms with van der Waals surface area (Å²) in [5, 5.41) is 15.6. The van der Waals surface area contributed by atoms with Crippen LogP contribution in [0.1, 0.15) is 70.4 Å². The van der Waals surface area contributed by atoms with Gasteiger partial charge in [0.15, 0.2) is 11.8 Å². The zero-order valence-electron chi connectivity index (χ0n) is 17.2. The van der Waals surface area contributed by atoms with Gasteiger partial charge in [-0.1, -0.05) is 19.8 Å². The van der Waals surface area contributed by atoms with Crippen LogP contribution in [0.4, 0.5) is 0 Å². The first kappa shape index (κ1) is 20.1. The van der Waals surface area contributed by atoms with Gasteiger partial charge in [0.05, 0.1) is 0 Å². The predicted molar refractivity (Wildman–Crippen MR) is 110 cm³/mol. The normalized spacial score (nSPS) is 21.6. The largest absolute Gasteiger partial charge is 0.357 e. The van der Waals surface area contributed by atoms with Crippen molar-refractivity contribution in [2.75, 3.05) is 26.2 Å². The molecular weight excluding hydrogens is 338 g/mol. The molecule has 1 aromatic heterocycles. The Bertz CT molecular complexity index is 595. The van der Waals surface area contributed by atoms with Crippen LogP contribution in [-0.2, 0) is 19.5 Å². The van der Waals surface area contributed by atoms with Crippen molar-refractivity contribution in [1.29, 1.82) is 0 Å². The molecule has 1 unspecified atom stereocenters. The first-order valence-electron chi connectivity index (χ1n) is 11.0. The van der Waals surface area contributed by atoms with Crippen LogP contribution in [0.5, 0.6) is 0 Å². The number of aliphatic imine (C=N–C) groups is 1. The van der Waals surface area contributed by atoms with E-state index >= 15 is 0 Å². The van der Waals surface area contributed by atoms with Crippen LogP contribution in [0, 0.1) is 0 Å². The summed E-state index contributed by atoms with van der Waals surface area (Å²) in [4.78, 5) is 7.41. The maximum absolute atomic E-state index is 4.77. The summed E-state index contributed by atoms with van der Waals surface area (Å²) in [7, 11) is 0. The molecule has 1 atom stereocenters. The van der Waals surface area contributed by atoms with Crippen molar-refractivity contribution < 1.29 is 0 Å². The Hall–Kier alpha value is -1.63. The topological polar surface area (TPSA) is 70.4 Å². The van der Waals surface area contributed by atoms with Crippen molar-refractivity contribution in [2.45, 2.75) is 84.3 Å². The van der Waals surface area contributed by atoms with E-state index in [4.69, 9.17) is 4.99 Å². The highest BCUT2D eigenvalue weighted by Crippen LogP contribution is 2.18. The van der Waals surface area contributed by atoms with Gasteiger partial charge in [0, 0.05) is 38.6 Å². The number of aromatic nitrogens is 3. The van der Waals surface area contributed by atoms with E-state index in [1.54, 1.807) is 0 Å². The first-order chi connectivity index (χ1) is 13.3. The highest BCUT2D eigenvalue weighted by Gasteiger charge is 2.20. The molecule has 0 bridgehead atoms. The van der Waals surface area contributed by atoms with Gasteiger partial charge in [-0.3, -0.25) is 4.90 Å². The standard InChI is InChI=1S/C20H37N7/c1-3-17-10-7-9-13-26(17)15-12-22-20(21-4-2)23-16-19-25-24-18-11-6-5-8-14-27(18)19/h17H,3-16H2,1-2H3,(H2,21,22,23). The summed E-state index contributed by atoms with van der Waals surface area (Å²) in [6, 6.07) is 0.756. The Labute approximate surface area is 164 Å². The van der Waals surface area contributed by atoms with Gasteiger partial charge in [0.1, 0.15) is 12.4 Å². The molecule has 7 heteroatoms. The van der Waals surface area contributed by atoms with E-state index in [1.807, 2.05) is 0 Å². The molecule has 0 spiro atoms. The summed E-state index contributed by atoms with van der Waals surface area (Å²) in [5.41, 5.74) is 0. The Morgan fingerprint density at radius 1 is 1.07 bits per heavy atom. The zero-order chi connectivity index (χ0) is 18.9. The monoisotopic (exact) mass is 375 g/mol. The number of hydrogen-bond donors (Lipinski definition) is 2. The van der Waals surface area contributed by atoms with Crippen molar-refractivity contribution in [3.05, 3.63) is 11.6 Å². The summed E-state index contributed by atoms with van der Waals surface area (Å²) in [6.45, 7) is 10.2. The van der Waals surface area contributed by atoms with Crippen LogP contribution in [0.15, 0.2) is 4.99 Å². The van der Waals surface area contributed by atoms with Gasteiger partial charge in [0.2, 0.25) is 0 Å². The molecule has 152 valence electrons. The molecule has 3 rings (SSSR count). The molecule has 0 amide bonds. The van der Waals surface area contributed by atoms with Gasteiger partial charge in [-0.2, -0.15) is 0 Å². The van der Waals surface area contributed by atoms with Crippen LogP contribution in [-0.4, -0.2) is 57.8 Å². The molecule has 2 N–H and O–H groups in total. The fourth-order valence-corrected chi connectivity index (χ4v) is 4.29. The van der Waals surface area contributed by atoms with E-state index in [0.29, 0.717) is 6.54 Å². The van der Waals surface area contributed by atoms with E-state index in [2.05, 4.69) is 44.1 Å². The second-order valence-electron chi connectivity index (χ2n) is 7.71. The number of hydrogen-bond acceptors (Lipinski definition) is 4. The molecule has 7 nitrogen and oxygen atoms in total. The molecule has 1 aromatic rings. The van der Waals surface area contributed by atoms with Crippen LogP contribution >= 0.6 is 0 Å². The van der Waals surface area contributed by atoms with Crippen LogP contribution < -0.4 is 10.6 Å².